The number of thioether (sulfide) groups is 1. The van der Waals surface area contributed by atoms with Crippen molar-refractivity contribution in [1.82, 2.24) is 9.97 Å². The normalized spacial score (nSPS) is 10.4. The molecule has 2 aromatic rings. The van der Waals surface area contributed by atoms with Crippen LogP contribution in [0.5, 0.6) is 0 Å². The third-order valence-electron chi connectivity index (χ3n) is 3.55. The van der Waals surface area contributed by atoms with Crippen molar-refractivity contribution in [1.29, 1.82) is 0 Å². The van der Waals surface area contributed by atoms with Gasteiger partial charge < -0.3 is 15.0 Å². The van der Waals surface area contributed by atoms with E-state index in [4.69, 9.17) is 4.74 Å². The van der Waals surface area contributed by atoms with Crippen LogP contribution in [0.15, 0.2) is 34.1 Å². The molecule has 26 heavy (non-hydrogen) atoms. The van der Waals surface area contributed by atoms with Gasteiger partial charge in [0, 0.05) is 11.4 Å². The molecule has 1 aromatic carbocycles. The zero-order valence-electron chi connectivity index (χ0n) is 14.9. The number of carbonyl (C=O) groups excluding carboxylic acids is 2. The quantitative estimate of drug-likeness (QED) is 0.438. The van der Waals surface area contributed by atoms with Crippen LogP contribution in [0, 0.1) is 6.92 Å². The Kier molecular flexibility index (Phi) is 6.97. The maximum Gasteiger partial charge on any atom is 0.346 e. The van der Waals surface area contributed by atoms with Crippen LogP contribution >= 0.6 is 11.8 Å². The zero-order chi connectivity index (χ0) is 19.1. The van der Waals surface area contributed by atoms with E-state index < -0.39 is 11.7 Å². The lowest BCUT2D eigenvalue weighted by Crippen LogP contribution is -2.21. The van der Waals surface area contributed by atoms with E-state index in [1.54, 1.807) is 13.8 Å². The first-order valence-corrected chi connectivity index (χ1v) is 9.22. The average Bonchev–Trinajstić information content (AvgIpc) is 2.60. The standard InChI is InChI=1S/C18H21N3O4S/c1-4-12-6-8-13(9-7-12)20-14(22)10-26-16-15(17(23)25-5-2)11(3)19-18(24)21-16/h6-9H,4-5,10H2,1-3H3,(H,20,22)(H,19,21,24). The fraction of sp³-hybridized carbons (Fsp3) is 0.333. The molecule has 0 fully saturated rings. The second kappa shape index (κ2) is 9.19. The minimum absolute atomic E-state index is 0.0117. The summed E-state index contributed by atoms with van der Waals surface area (Å²) in [5, 5.41) is 2.96. The Balaban J connectivity index is 2.09. The topological polar surface area (TPSA) is 101 Å². The number of H-pyrrole nitrogens is 1. The number of hydrogen-bond donors (Lipinski definition) is 2. The van der Waals surface area contributed by atoms with E-state index in [1.165, 1.54) is 5.56 Å². The molecule has 0 unspecified atom stereocenters. The smallest absolute Gasteiger partial charge is 0.346 e. The highest BCUT2D eigenvalue weighted by atomic mass is 32.2. The van der Waals surface area contributed by atoms with Crippen molar-refractivity contribution in [3.05, 3.63) is 51.6 Å². The molecule has 0 aliphatic rings. The monoisotopic (exact) mass is 375 g/mol. The molecule has 8 heteroatoms. The number of nitrogens with zero attached hydrogens (tertiary/aromatic N) is 1. The molecule has 138 valence electrons. The second-order valence-corrected chi connectivity index (χ2v) is 6.42. The van der Waals surface area contributed by atoms with E-state index >= 15 is 0 Å². The Morgan fingerprint density at radius 2 is 1.92 bits per heavy atom. The van der Waals surface area contributed by atoms with Crippen LogP contribution < -0.4 is 11.0 Å². The fourth-order valence-electron chi connectivity index (χ4n) is 2.26. The van der Waals surface area contributed by atoms with Crippen LogP contribution in [0.1, 0.15) is 35.5 Å². The summed E-state index contributed by atoms with van der Waals surface area (Å²) >= 11 is 1.02. The van der Waals surface area contributed by atoms with Gasteiger partial charge >= 0.3 is 11.7 Å². The Morgan fingerprint density at radius 3 is 2.54 bits per heavy atom. The van der Waals surface area contributed by atoms with Gasteiger partial charge in [-0.3, -0.25) is 4.79 Å². The van der Waals surface area contributed by atoms with Gasteiger partial charge in [-0.2, -0.15) is 4.98 Å². The Hall–Kier alpha value is -2.61. The number of hydrogen-bond acceptors (Lipinski definition) is 6. The number of aryl methyl sites for hydroxylation is 2. The minimum Gasteiger partial charge on any atom is -0.462 e. The van der Waals surface area contributed by atoms with Crippen molar-refractivity contribution < 1.29 is 14.3 Å². The highest BCUT2D eigenvalue weighted by Gasteiger charge is 2.20. The van der Waals surface area contributed by atoms with E-state index in [1.807, 2.05) is 24.3 Å². The van der Waals surface area contributed by atoms with E-state index in [0.29, 0.717) is 11.4 Å². The molecule has 0 atom stereocenters. The van der Waals surface area contributed by atoms with Crippen molar-refractivity contribution in [2.24, 2.45) is 0 Å². The number of rotatable bonds is 7. The van der Waals surface area contributed by atoms with E-state index in [-0.39, 0.29) is 28.9 Å². The van der Waals surface area contributed by atoms with Crippen LogP contribution in [0.4, 0.5) is 5.69 Å². The van der Waals surface area contributed by atoms with Gasteiger partial charge in [0.2, 0.25) is 5.91 Å². The summed E-state index contributed by atoms with van der Waals surface area (Å²) in [5.41, 5.74) is 1.83. The molecule has 1 amide bonds. The molecule has 0 aliphatic heterocycles. The lowest BCUT2D eigenvalue weighted by Gasteiger charge is -2.10. The molecular weight excluding hydrogens is 354 g/mol. The number of aromatic nitrogens is 2. The summed E-state index contributed by atoms with van der Waals surface area (Å²) in [4.78, 5) is 42.1. The number of anilines is 1. The SMILES string of the molecule is CCOC(=O)c1c(SCC(=O)Nc2ccc(CC)cc2)nc(=O)[nH]c1C. The molecule has 2 rings (SSSR count). The van der Waals surface area contributed by atoms with Gasteiger partial charge in [-0.25, -0.2) is 9.59 Å². The highest BCUT2D eigenvalue weighted by molar-refractivity contribution is 8.00. The van der Waals surface area contributed by atoms with E-state index in [0.717, 1.165) is 18.2 Å². The molecule has 2 N–H and O–H groups in total. The van der Waals surface area contributed by atoms with Crippen LogP contribution in [0.3, 0.4) is 0 Å². The van der Waals surface area contributed by atoms with Gasteiger partial charge in [-0.05, 0) is 38.0 Å². The predicted molar refractivity (Wildman–Crippen MR) is 101 cm³/mol. The third-order valence-corrected chi connectivity index (χ3v) is 4.53. The lowest BCUT2D eigenvalue weighted by molar-refractivity contribution is -0.113. The summed E-state index contributed by atoms with van der Waals surface area (Å²) in [6, 6.07) is 7.56. The average molecular weight is 375 g/mol. The summed E-state index contributed by atoms with van der Waals surface area (Å²) in [6.45, 7) is 5.54. The summed E-state index contributed by atoms with van der Waals surface area (Å²) in [6.07, 6.45) is 0.925. The zero-order valence-corrected chi connectivity index (χ0v) is 15.7. The van der Waals surface area contributed by atoms with Crippen molar-refractivity contribution in [3.8, 4) is 0 Å². The molecule has 0 saturated carbocycles. The first-order valence-electron chi connectivity index (χ1n) is 8.24. The maximum absolute atomic E-state index is 12.2. The van der Waals surface area contributed by atoms with E-state index in [2.05, 4.69) is 22.2 Å². The Bertz CT molecular complexity index is 847. The molecular formula is C18H21N3O4S. The molecule has 0 aliphatic carbocycles. The van der Waals surface area contributed by atoms with Gasteiger partial charge in [0.15, 0.2) is 0 Å². The summed E-state index contributed by atoms with van der Waals surface area (Å²) in [7, 11) is 0. The third kappa shape index (κ3) is 5.19. The van der Waals surface area contributed by atoms with Gasteiger partial charge in [-0.15, -0.1) is 0 Å². The number of esters is 1. The van der Waals surface area contributed by atoms with Crippen molar-refractivity contribution in [2.75, 3.05) is 17.7 Å². The van der Waals surface area contributed by atoms with Crippen LogP contribution in [0.25, 0.3) is 0 Å². The maximum atomic E-state index is 12.2. The van der Waals surface area contributed by atoms with Crippen molar-refractivity contribution in [3.63, 3.8) is 0 Å². The highest BCUT2D eigenvalue weighted by Crippen LogP contribution is 2.22. The molecule has 0 radical (unpaired) electrons. The minimum atomic E-state index is -0.577. The lowest BCUT2D eigenvalue weighted by atomic mass is 10.1. The van der Waals surface area contributed by atoms with Crippen molar-refractivity contribution >= 4 is 29.3 Å². The molecule has 1 aromatic heterocycles. The molecule has 7 nitrogen and oxygen atoms in total. The molecule has 0 bridgehead atoms. The van der Waals surface area contributed by atoms with Gasteiger partial charge in [-0.1, -0.05) is 30.8 Å². The number of nitrogens with one attached hydrogen (secondary N) is 2. The predicted octanol–water partition coefficient (Wildman–Crippen LogP) is 2.55. The summed E-state index contributed by atoms with van der Waals surface area (Å²) in [5.74, 6) is -0.821. The molecule has 0 spiro atoms. The van der Waals surface area contributed by atoms with Crippen LogP contribution in [0.2, 0.25) is 0 Å². The van der Waals surface area contributed by atoms with Gasteiger partial charge in [0.05, 0.1) is 12.4 Å². The first-order chi connectivity index (χ1) is 12.4. The molecule has 0 saturated heterocycles. The Morgan fingerprint density at radius 1 is 1.23 bits per heavy atom. The van der Waals surface area contributed by atoms with Crippen molar-refractivity contribution in [2.45, 2.75) is 32.2 Å². The fourth-order valence-corrected chi connectivity index (χ4v) is 3.13. The first kappa shape index (κ1) is 19.7. The van der Waals surface area contributed by atoms with Gasteiger partial charge in [0.25, 0.3) is 0 Å². The van der Waals surface area contributed by atoms with Crippen LogP contribution in [-0.4, -0.2) is 34.2 Å². The molecule has 1 heterocycles. The summed E-state index contributed by atoms with van der Waals surface area (Å²) < 4.78 is 5.00. The number of aromatic amines is 1. The largest absolute Gasteiger partial charge is 0.462 e. The number of carbonyl (C=O) groups is 2. The number of amides is 1. The van der Waals surface area contributed by atoms with Crippen LogP contribution in [-0.2, 0) is 16.0 Å². The van der Waals surface area contributed by atoms with Gasteiger partial charge in [0.1, 0.15) is 10.6 Å². The second-order valence-electron chi connectivity index (χ2n) is 5.45. The number of benzene rings is 1. The number of ether oxygens (including phenoxy) is 1. The Labute approximate surface area is 155 Å². The van der Waals surface area contributed by atoms with E-state index in [9.17, 15) is 14.4 Å².